The van der Waals surface area contributed by atoms with Gasteiger partial charge in [0.15, 0.2) is 0 Å². The highest BCUT2D eigenvalue weighted by molar-refractivity contribution is 7.14. The van der Waals surface area contributed by atoms with Crippen LogP contribution < -0.4 is 10.6 Å². The van der Waals surface area contributed by atoms with E-state index in [0.29, 0.717) is 17.9 Å². The average Bonchev–Trinajstić information content (AvgIpc) is 3.00. The van der Waals surface area contributed by atoms with Crippen LogP contribution in [0.3, 0.4) is 0 Å². The molecule has 0 aliphatic rings. The van der Waals surface area contributed by atoms with Gasteiger partial charge in [-0.05, 0) is 36.1 Å². The zero-order chi connectivity index (χ0) is 15.8. The molecular weight excluding hydrogens is 300 g/mol. The minimum Gasteiger partial charge on any atom is -0.462 e. The van der Waals surface area contributed by atoms with E-state index >= 15 is 0 Å². The molecule has 1 heterocycles. The van der Waals surface area contributed by atoms with Gasteiger partial charge in [-0.25, -0.2) is 9.59 Å². The minimum absolute atomic E-state index is 0.347. The number of hydrogen-bond acceptors (Lipinski definition) is 4. The van der Waals surface area contributed by atoms with E-state index in [-0.39, 0.29) is 0 Å². The van der Waals surface area contributed by atoms with E-state index in [4.69, 9.17) is 4.74 Å². The van der Waals surface area contributed by atoms with Crippen molar-refractivity contribution in [1.29, 1.82) is 0 Å². The second-order valence-electron chi connectivity index (χ2n) is 4.59. The molecule has 2 N–H and O–H groups in total. The second kappa shape index (κ2) is 8.19. The number of rotatable bonds is 6. The first-order chi connectivity index (χ1) is 10.7. The average molecular weight is 318 g/mol. The smallest absolute Gasteiger partial charge is 0.340 e. The molecule has 1 aromatic carbocycles. The van der Waals surface area contributed by atoms with E-state index in [1.165, 1.54) is 11.3 Å². The molecule has 0 aliphatic carbocycles. The number of ether oxygens (including phenoxy) is 1. The maximum absolute atomic E-state index is 12.0. The van der Waals surface area contributed by atoms with Crippen LogP contribution in [0.5, 0.6) is 0 Å². The number of amides is 2. The standard InChI is InChI=1S/C16H18N2O3S/c1-2-3-10-21-15(19)12-7-4-5-8-13(12)17-16(20)18-14-9-6-11-22-14/h4-9,11H,2-3,10H2,1H3,(H2,17,18,20). The predicted molar refractivity (Wildman–Crippen MR) is 88.6 cm³/mol. The number of carbonyl (C=O) groups is 2. The minimum atomic E-state index is -0.430. The Kier molecular flexibility index (Phi) is 5.97. The Hall–Kier alpha value is -2.34. The topological polar surface area (TPSA) is 67.4 Å². The molecule has 2 rings (SSSR count). The Morgan fingerprint density at radius 3 is 2.68 bits per heavy atom. The molecule has 0 spiro atoms. The lowest BCUT2D eigenvalue weighted by atomic mass is 10.2. The number of urea groups is 1. The van der Waals surface area contributed by atoms with Gasteiger partial charge in [-0.2, -0.15) is 0 Å². The summed E-state index contributed by atoms with van der Waals surface area (Å²) in [6.45, 7) is 2.41. The summed E-state index contributed by atoms with van der Waals surface area (Å²) in [5.74, 6) is -0.430. The Labute approximate surface area is 133 Å². The zero-order valence-corrected chi connectivity index (χ0v) is 13.1. The van der Waals surface area contributed by atoms with Crippen LogP contribution in [-0.4, -0.2) is 18.6 Å². The van der Waals surface area contributed by atoms with Crippen LogP contribution in [0.15, 0.2) is 41.8 Å². The number of esters is 1. The molecule has 2 aromatic rings. The van der Waals surface area contributed by atoms with Crippen molar-refractivity contribution in [2.24, 2.45) is 0 Å². The third kappa shape index (κ3) is 4.60. The maximum Gasteiger partial charge on any atom is 0.340 e. The summed E-state index contributed by atoms with van der Waals surface area (Å²) in [6, 6.07) is 10.0. The normalized spacial score (nSPS) is 10.0. The van der Waals surface area contributed by atoms with Gasteiger partial charge in [-0.1, -0.05) is 25.5 Å². The van der Waals surface area contributed by atoms with Crippen LogP contribution in [0, 0.1) is 0 Å². The van der Waals surface area contributed by atoms with Crippen LogP contribution in [-0.2, 0) is 4.74 Å². The molecule has 2 amide bonds. The van der Waals surface area contributed by atoms with Gasteiger partial charge in [0.1, 0.15) is 0 Å². The van der Waals surface area contributed by atoms with Gasteiger partial charge in [-0.15, -0.1) is 11.3 Å². The van der Waals surface area contributed by atoms with Crippen LogP contribution in [0.4, 0.5) is 15.5 Å². The van der Waals surface area contributed by atoms with Gasteiger partial charge in [0.2, 0.25) is 0 Å². The molecule has 0 atom stereocenters. The van der Waals surface area contributed by atoms with Crippen LogP contribution >= 0.6 is 11.3 Å². The van der Waals surface area contributed by atoms with Gasteiger partial charge in [0, 0.05) is 0 Å². The number of nitrogens with one attached hydrogen (secondary N) is 2. The number of benzene rings is 1. The summed E-state index contributed by atoms with van der Waals surface area (Å²) < 4.78 is 5.19. The SMILES string of the molecule is CCCCOC(=O)c1ccccc1NC(=O)Nc1cccs1. The molecule has 0 bridgehead atoms. The fourth-order valence-corrected chi connectivity index (χ4v) is 2.38. The Morgan fingerprint density at radius 1 is 1.14 bits per heavy atom. The molecule has 0 radical (unpaired) electrons. The number of unbranched alkanes of at least 4 members (excludes halogenated alkanes) is 1. The van der Waals surface area contributed by atoms with Crippen molar-refractivity contribution in [2.45, 2.75) is 19.8 Å². The first-order valence-electron chi connectivity index (χ1n) is 7.08. The first-order valence-corrected chi connectivity index (χ1v) is 7.96. The Balaban J connectivity index is 2.01. The van der Waals surface area contributed by atoms with Crippen molar-refractivity contribution in [3.05, 3.63) is 47.3 Å². The van der Waals surface area contributed by atoms with Crippen molar-refractivity contribution in [3.63, 3.8) is 0 Å². The monoisotopic (exact) mass is 318 g/mol. The molecule has 22 heavy (non-hydrogen) atoms. The largest absolute Gasteiger partial charge is 0.462 e. The van der Waals surface area contributed by atoms with Gasteiger partial charge in [0.05, 0.1) is 22.9 Å². The molecular formula is C16H18N2O3S. The summed E-state index contributed by atoms with van der Waals surface area (Å²) >= 11 is 1.42. The molecule has 116 valence electrons. The quantitative estimate of drug-likeness (QED) is 0.614. The number of anilines is 2. The molecule has 0 fully saturated rings. The molecule has 0 aliphatic heterocycles. The highest BCUT2D eigenvalue weighted by Crippen LogP contribution is 2.19. The summed E-state index contributed by atoms with van der Waals surface area (Å²) in [5, 5.41) is 7.99. The highest BCUT2D eigenvalue weighted by atomic mass is 32.1. The Morgan fingerprint density at radius 2 is 1.95 bits per heavy atom. The van der Waals surface area contributed by atoms with Crippen molar-refractivity contribution >= 4 is 34.0 Å². The highest BCUT2D eigenvalue weighted by Gasteiger charge is 2.14. The van der Waals surface area contributed by atoms with Crippen LogP contribution in [0.25, 0.3) is 0 Å². The lowest BCUT2D eigenvalue weighted by Crippen LogP contribution is -2.21. The first kappa shape index (κ1) is 16.0. The van der Waals surface area contributed by atoms with Gasteiger partial charge >= 0.3 is 12.0 Å². The van der Waals surface area contributed by atoms with E-state index in [1.54, 1.807) is 30.3 Å². The molecule has 6 heteroatoms. The lowest BCUT2D eigenvalue weighted by molar-refractivity contribution is 0.0501. The van der Waals surface area contributed by atoms with E-state index in [0.717, 1.165) is 17.8 Å². The van der Waals surface area contributed by atoms with Crippen molar-refractivity contribution in [1.82, 2.24) is 0 Å². The third-order valence-electron chi connectivity index (χ3n) is 2.88. The van der Waals surface area contributed by atoms with Crippen LogP contribution in [0.1, 0.15) is 30.1 Å². The summed E-state index contributed by atoms with van der Waals surface area (Å²) in [4.78, 5) is 24.0. The van der Waals surface area contributed by atoms with E-state index in [1.807, 2.05) is 18.4 Å². The number of carbonyl (C=O) groups excluding carboxylic acids is 2. The second-order valence-corrected chi connectivity index (χ2v) is 5.54. The molecule has 5 nitrogen and oxygen atoms in total. The number of thiophene rings is 1. The summed E-state index contributed by atoms with van der Waals surface area (Å²) in [7, 11) is 0. The van der Waals surface area contributed by atoms with Crippen molar-refractivity contribution in [2.75, 3.05) is 17.2 Å². The van der Waals surface area contributed by atoms with Crippen molar-refractivity contribution in [3.8, 4) is 0 Å². The maximum atomic E-state index is 12.0. The number of para-hydroxylation sites is 1. The Bertz CT molecular complexity index is 626. The third-order valence-corrected chi connectivity index (χ3v) is 3.67. The molecule has 0 saturated carbocycles. The fraction of sp³-hybridized carbons (Fsp3) is 0.250. The number of hydrogen-bond donors (Lipinski definition) is 2. The van der Waals surface area contributed by atoms with Crippen molar-refractivity contribution < 1.29 is 14.3 Å². The van der Waals surface area contributed by atoms with Gasteiger partial charge in [0.25, 0.3) is 0 Å². The van der Waals surface area contributed by atoms with E-state index in [9.17, 15) is 9.59 Å². The summed E-state index contributed by atoms with van der Waals surface area (Å²) in [6.07, 6.45) is 1.77. The molecule has 0 saturated heterocycles. The fourth-order valence-electron chi connectivity index (χ4n) is 1.77. The lowest BCUT2D eigenvalue weighted by Gasteiger charge is -2.11. The van der Waals surface area contributed by atoms with Crippen LogP contribution in [0.2, 0.25) is 0 Å². The van der Waals surface area contributed by atoms with Gasteiger partial charge < -0.3 is 10.1 Å². The predicted octanol–water partition coefficient (Wildman–Crippen LogP) is 4.35. The molecule has 1 aromatic heterocycles. The zero-order valence-electron chi connectivity index (χ0n) is 12.3. The molecule has 0 unspecified atom stereocenters. The summed E-state index contributed by atoms with van der Waals surface area (Å²) in [5.41, 5.74) is 0.776. The van der Waals surface area contributed by atoms with Gasteiger partial charge in [-0.3, -0.25) is 5.32 Å². The van der Waals surface area contributed by atoms with E-state index < -0.39 is 12.0 Å². The van der Waals surface area contributed by atoms with E-state index in [2.05, 4.69) is 10.6 Å².